The third kappa shape index (κ3) is 3.47. The number of nitrogens with zero attached hydrogens (tertiary/aromatic N) is 4. The molecule has 2 aromatic heterocycles. The highest BCUT2D eigenvalue weighted by molar-refractivity contribution is 5.98. The third-order valence-electron chi connectivity index (χ3n) is 6.11. The first kappa shape index (κ1) is 21.2. The van der Waals surface area contributed by atoms with Gasteiger partial charge in [0.05, 0.1) is 41.7 Å². The van der Waals surface area contributed by atoms with Crippen molar-refractivity contribution in [1.82, 2.24) is 19.7 Å². The van der Waals surface area contributed by atoms with E-state index in [9.17, 15) is 9.90 Å². The van der Waals surface area contributed by atoms with Gasteiger partial charge in [0.1, 0.15) is 11.6 Å². The molecule has 8 heteroatoms. The summed E-state index contributed by atoms with van der Waals surface area (Å²) in [6, 6.07) is 9.36. The molecule has 0 radical (unpaired) electrons. The summed E-state index contributed by atoms with van der Waals surface area (Å²) in [5, 5.41) is 15.5. The number of aromatic nitrogens is 3. The van der Waals surface area contributed by atoms with Crippen molar-refractivity contribution in [2.24, 2.45) is 7.05 Å². The Morgan fingerprint density at radius 3 is 2.52 bits per heavy atom. The number of pyridine rings is 1. The van der Waals surface area contributed by atoms with E-state index in [-0.39, 0.29) is 24.6 Å². The molecule has 1 amide bonds. The third-order valence-corrected chi connectivity index (χ3v) is 6.11. The van der Waals surface area contributed by atoms with Crippen molar-refractivity contribution in [2.45, 2.75) is 32.5 Å². The number of rotatable bonds is 4. The Balaban J connectivity index is 1.53. The molecule has 1 N–H and O–H groups in total. The van der Waals surface area contributed by atoms with Crippen molar-refractivity contribution in [1.29, 1.82) is 0 Å². The zero-order valence-corrected chi connectivity index (χ0v) is 18.4. The van der Waals surface area contributed by atoms with Gasteiger partial charge in [0, 0.05) is 29.8 Å². The lowest BCUT2D eigenvalue weighted by molar-refractivity contribution is 0.0762. The Labute approximate surface area is 189 Å². The molecule has 0 bridgehead atoms. The van der Waals surface area contributed by atoms with Crippen LogP contribution in [0.5, 0.6) is 0 Å². The van der Waals surface area contributed by atoms with Crippen molar-refractivity contribution in [3.05, 3.63) is 82.8 Å². The summed E-state index contributed by atoms with van der Waals surface area (Å²) in [7, 11) is 1.76. The number of hydrogen-bond acceptors (Lipinski definition) is 4. The van der Waals surface area contributed by atoms with Crippen molar-refractivity contribution >= 4 is 16.8 Å². The van der Waals surface area contributed by atoms with E-state index in [2.05, 4.69) is 10.1 Å². The Kier molecular flexibility index (Phi) is 4.79. The van der Waals surface area contributed by atoms with Gasteiger partial charge in [0.15, 0.2) is 0 Å². The summed E-state index contributed by atoms with van der Waals surface area (Å²) in [5.41, 5.74) is 2.09. The molecule has 5 rings (SSSR count). The normalized spacial score (nSPS) is 13.8. The summed E-state index contributed by atoms with van der Waals surface area (Å²) >= 11 is 0. The molecule has 6 nitrogen and oxygen atoms in total. The number of aryl methyl sites for hydroxylation is 1. The van der Waals surface area contributed by atoms with Crippen LogP contribution in [0.2, 0.25) is 0 Å². The zero-order valence-electron chi connectivity index (χ0n) is 18.4. The first-order valence-electron chi connectivity index (χ1n) is 10.5. The van der Waals surface area contributed by atoms with E-state index in [1.807, 2.05) is 0 Å². The van der Waals surface area contributed by atoms with Gasteiger partial charge in [-0.3, -0.25) is 14.5 Å². The maximum atomic E-state index is 15.1. The van der Waals surface area contributed by atoms with Crippen LogP contribution in [-0.2, 0) is 25.7 Å². The molecule has 0 saturated heterocycles. The SMILES string of the molecule is Cn1ncc2c(-c3cc(F)c(CN4Cc5ncccc5C4=O)c(F)c3)ccc(C(C)(C)O)c21. The van der Waals surface area contributed by atoms with E-state index in [1.165, 1.54) is 17.0 Å². The van der Waals surface area contributed by atoms with Crippen LogP contribution in [0.3, 0.4) is 0 Å². The number of fused-ring (bicyclic) bond motifs is 2. The molecule has 2 aromatic carbocycles. The maximum absolute atomic E-state index is 15.1. The predicted octanol–water partition coefficient (Wildman–Crippen LogP) is 4.30. The van der Waals surface area contributed by atoms with Crippen LogP contribution < -0.4 is 0 Å². The van der Waals surface area contributed by atoms with Gasteiger partial charge in [-0.25, -0.2) is 8.78 Å². The van der Waals surface area contributed by atoms with Crippen molar-refractivity contribution in [3.8, 4) is 11.1 Å². The fraction of sp³-hybridized carbons (Fsp3) is 0.240. The van der Waals surface area contributed by atoms with Gasteiger partial charge in [-0.2, -0.15) is 5.10 Å². The lowest BCUT2D eigenvalue weighted by Crippen LogP contribution is -2.24. The maximum Gasteiger partial charge on any atom is 0.256 e. The quantitative estimate of drug-likeness (QED) is 0.506. The molecule has 0 aliphatic carbocycles. The molecule has 0 unspecified atom stereocenters. The number of benzene rings is 2. The Morgan fingerprint density at radius 1 is 1.12 bits per heavy atom. The summed E-state index contributed by atoms with van der Waals surface area (Å²) in [4.78, 5) is 18.1. The van der Waals surface area contributed by atoms with Gasteiger partial charge >= 0.3 is 0 Å². The van der Waals surface area contributed by atoms with E-state index in [0.717, 1.165) is 0 Å². The molecular formula is C25H22F2N4O2. The largest absolute Gasteiger partial charge is 0.386 e. The Bertz CT molecular complexity index is 1400. The summed E-state index contributed by atoms with van der Waals surface area (Å²) in [6.07, 6.45) is 3.21. The molecule has 1 aliphatic heterocycles. The van der Waals surface area contributed by atoms with Gasteiger partial charge in [0.25, 0.3) is 5.91 Å². The first-order valence-corrected chi connectivity index (χ1v) is 10.5. The summed E-state index contributed by atoms with van der Waals surface area (Å²) in [6.45, 7) is 3.38. The molecule has 3 heterocycles. The molecule has 0 fully saturated rings. The van der Waals surface area contributed by atoms with E-state index in [1.54, 1.807) is 62.2 Å². The average Bonchev–Trinajstić information content (AvgIpc) is 3.30. The molecule has 33 heavy (non-hydrogen) atoms. The highest BCUT2D eigenvalue weighted by atomic mass is 19.1. The standard InChI is InChI=1S/C25H22F2N4O2/c1-25(2,33)19-7-6-15(17-11-29-30(3)23(17)19)14-9-20(26)18(21(27)10-14)12-31-13-22-16(24(31)32)5-4-8-28-22/h4-11,33H,12-13H2,1-3H3. The summed E-state index contributed by atoms with van der Waals surface area (Å²) in [5.74, 6) is -1.75. The minimum absolute atomic E-state index is 0.171. The molecule has 0 saturated carbocycles. The van der Waals surface area contributed by atoms with Crippen LogP contribution in [0.4, 0.5) is 8.78 Å². The Hall–Kier alpha value is -3.65. The number of aliphatic hydroxyl groups is 1. The number of amides is 1. The molecule has 4 aromatic rings. The highest BCUT2D eigenvalue weighted by Gasteiger charge is 2.30. The summed E-state index contributed by atoms with van der Waals surface area (Å²) < 4.78 is 31.9. The lowest BCUT2D eigenvalue weighted by atomic mass is 9.91. The number of carbonyl (C=O) groups excluding carboxylic acids is 1. The smallest absolute Gasteiger partial charge is 0.256 e. The van der Waals surface area contributed by atoms with Gasteiger partial charge < -0.3 is 10.0 Å². The molecule has 0 spiro atoms. The monoisotopic (exact) mass is 448 g/mol. The zero-order chi connectivity index (χ0) is 23.5. The van der Waals surface area contributed by atoms with Crippen molar-refractivity contribution in [3.63, 3.8) is 0 Å². The Morgan fingerprint density at radius 2 is 1.85 bits per heavy atom. The second-order valence-electron chi connectivity index (χ2n) is 8.83. The fourth-order valence-electron chi connectivity index (χ4n) is 4.44. The molecule has 168 valence electrons. The van der Waals surface area contributed by atoms with Gasteiger partial charge in [-0.15, -0.1) is 0 Å². The average molecular weight is 448 g/mol. The molecular weight excluding hydrogens is 426 g/mol. The molecule has 1 aliphatic rings. The fourth-order valence-corrected chi connectivity index (χ4v) is 4.44. The highest BCUT2D eigenvalue weighted by Crippen LogP contribution is 2.36. The van der Waals surface area contributed by atoms with Crippen LogP contribution in [-0.4, -0.2) is 30.7 Å². The van der Waals surface area contributed by atoms with Crippen LogP contribution >= 0.6 is 0 Å². The number of hydrogen-bond donors (Lipinski definition) is 1. The molecule has 0 atom stereocenters. The predicted molar refractivity (Wildman–Crippen MR) is 119 cm³/mol. The topological polar surface area (TPSA) is 71.2 Å². The van der Waals surface area contributed by atoms with Gasteiger partial charge in [-0.1, -0.05) is 12.1 Å². The minimum Gasteiger partial charge on any atom is -0.386 e. The van der Waals surface area contributed by atoms with E-state index >= 15 is 8.78 Å². The van der Waals surface area contributed by atoms with Crippen LogP contribution in [0.15, 0.2) is 48.8 Å². The van der Waals surface area contributed by atoms with E-state index in [4.69, 9.17) is 0 Å². The minimum atomic E-state index is -1.11. The van der Waals surface area contributed by atoms with Gasteiger partial charge in [0.2, 0.25) is 0 Å². The van der Waals surface area contributed by atoms with E-state index < -0.39 is 17.2 Å². The second-order valence-corrected chi connectivity index (χ2v) is 8.83. The van der Waals surface area contributed by atoms with E-state index in [0.29, 0.717) is 38.9 Å². The van der Waals surface area contributed by atoms with Crippen molar-refractivity contribution < 1.29 is 18.7 Å². The van der Waals surface area contributed by atoms with Gasteiger partial charge in [-0.05, 0) is 49.2 Å². The second kappa shape index (κ2) is 7.45. The first-order chi connectivity index (χ1) is 15.6. The number of carbonyl (C=O) groups is 1. The van der Waals surface area contributed by atoms with Crippen LogP contribution in [0.25, 0.3) is 22.0 Å². The van der Waals surface area contributed by atoms with Crippen molar-refractivity contribution in [2.75, 3.05) is 0 Å². The van der Waals surface area contributed by atoms with Crippen LogP contribution in [0.1, 0.15) is 41.0 Å². The van der Waals surface area contributed by atoms with Crippen LogP contribution in [0, 0.1) is 11.6 Å². The lowest BCUT2D eigenvalue weighted by Gasteiger charge is -2.21. The number of halogens is 2.